The Morgan fingerprint density at radius 1 is 1.05 bits per heavy atom. The van der Waals surface area contributed by atoms with Crippen LogP contribution in [-0.4, -0.2) is 11.9 Å². The second-order valence-corrected chi connectivity index (χ2v) is 4.68. The van der Waals surface area contributed by atoms with Gasteiger partial charge < -0.3 is 0 Å². The van der Waals surface area contributed by atoms with Crippen LogP contribution in [0, 0.1) is 23.0 Å². The van der Waals surface area contributed by atoms with Crippen molar-refractivity contribution < 1.29 is 8.78 Å². The van der Waals surface area contributed by atoms with Gasteiger partial charge in [-0.15, -0.1) is 0 Å². The lowest BCUT2D eigenvalue weighted by molar-refractivity contribution is 0.307. The Morgan fingerprint density at radius 2 is 1.70 bits per heavy atom. The normalized spacial score (nSPS) is 10.6. The van der Waals surface area contributed by atoms with Crippen LogP contribution in [0.3, 0.4) is 0 Å². The molecule has 2 aromatic carbocycles. The molecule has 20 heavy (non-hydrogen) atoms. The van der Waals surface area contributed by atoms with Crippen LogP contribution >= 0.6 is 0 Å². The highest BCUT2D eigenvalue weighted by Gasteiger charge is 2.11. The standard InChI is InChI=1S/C16H14F2N2/c1-20(10-13-5-2-4-12(8-13)9-19)11-14-15(17)6-3-7-16(14)18/h2-8H,10-11H2,1H3. The van der Waals surface area contributed by atoms with E-state index < -0.39 is 11.6 Å². The Labute approximate surface area is 116 Å². The zero-order chi connectivity index (χ0) is 14.5. The topological polar surface area (TPSA) is 27.0 Å². The fraction of sp³-hybridized carbons (Fsp3) is 0.188. The molecule has 0 N–H and O–H groups in total. The van der Waals surface area contributed by atoms with E-state index in [9.17, 15) is 8.78 Å². The predicted molar refractivity (Wildman–Crippen MR) is 72.7 cm³/mol. The molecule has 0 saturated carbocycles. The summed E-state index contributed by atoms with van der Waals surface area (Å²) < 4.78 is 27.1. The van der Waals surface area contributed by atoms with E-state index in [-0.39, 0.29) is 12.1 Å². The van der Waals surface area contributed by atoms with Crippen molar-refractivity contribution in [3.8, 4) is 6.07 Å². The third kappa shape index (κ3) is 3.40. The van der Waals surface area contributed by atoms with Gasteiger partial charge in [0.15, 0.2) is 0 Å². The second-order valence-electron chi connectivity index (χ2n) is 4.68. The molecule has 4 heteroatoms. The predicted octanol–water partition coefficient (Wildman–Crippen LogP) is 3.47. The number of hydrogen-bond acceptors (Lipinski definition) is 2. The molecule has 0 unspecified atom stereocenters. The van der Waals surface area contributed by atoms with Crippen LogP contribution < -0.4 is 0 Å². The molecule has 0 aromatic heterocycles. The maximum atomic E-state index is 13.6. The minimum absolute atomic E-state index is 0.0615. The van der Waals surface area contributed by atoms with Crippen LogP contribution in [0.1, 0.15) is 16.7 Å². The molecule has 0 aliphatic rings. The van der Waals surface area contributed by atoms with Crippen LogP contribution in [0.2, 0.25) is 0 Å². The van der Waals surface area contributed by atoms with Crippen LogP contribution in [0.4, 0.5) is 8.78 Å². The highest BCUT2D eigenvalue weighted by Crippen LogP contribution is 2.15. The Hall–Kier alpha value is -2.25. The third-order valence-corrected chi connectivity index (χ3v) is 3.00. The molecular formula is C16H14F2N2. The van der Waals surface area contributed by atoms with Gasteiger partial charge in [-0.25, -0.2) is 8.78 Å². The van der Waals surface area contributed by atoms with Crippen LogP contribution in [0.15, 0.2) is 42.5 Å². The fourth-order valence-corrected chi connectivity index (χ4v) is 2.06. The van der Waals surface area contributed by atoms with E-state index in [1.165, 1.54) is 18.2 Å². The zero-order valence-corrected chi connectivity index (χ0v) is 11.1. The summed E-state index contributed by atoms with van der Waals surface area (Å²) >= 11 is 0. The lowest BCUT2D eigenvalue weighted by Gasteiger charge is -2.17. The molecule has 0 aliphatic carbocycles. The average molecular weight is 272 g/mol. The second kappa shape index (κ2) is 6.27. The van der Waals surface area contributed by atoms with Crippen molar-refractivity contribution in [3.63, 3.8) is 0 Å². The maximum Gasteiger partial charge on any atom is 0.130 e. The SMILES string of the molecule is CN(Cc1cccc(C#N)c1)Cc1c(F)cccc1F. The van der Waals surface area contributed by atoms with Gasteiger partial charge in [0.25, 0.3) is 0 Å². The van der Waals surface area contributed by atoms with Crippen LogP contribution in [0.25, 0.3) is 0 Å². The Balaban J connectivity index is 2.09. The van der Waals surface area contributed by atoms with Crippen molar-refractivity contribution in [2.24, 2.45) is 0 Å². The van der Waals surface area contributed by atoms with Gasteiger partial charge in [0.1, 0.15) is 11.6 Å². The third-order valence-electron chi connectivity index (χ3n) is 3.00. The van der Waals surface area contributed by atoms with Gasteiger partial charge in [0, 0.05) is 18.7 Å². The Bertz CT molecular complexity index is 627. The summed E-state index contributed by atoms with van der Waals surface area (Å²) in [5, 5.41) is 8.84. The summed E-state index contributed by atoms with van der Waals surface area (Å²) in [6.45, 7) is 0.693. The molecule has 102 valence electrons. The summed E-state index contributed by atoms with van der Waals surface area (Å²) in [4.78, 5) is 1.80. The first-order chi connectivity index (χ1) is 9.60. The van der Waals surface area contributed by atoms with Gasteiger partial charge in [0.2, 0.25) is 0 Å². The highest BCUT2D eigenvalue weighted by molar-refractivity contribution is 5.32. The molecule has 0 radical (unpaired) electrons. The molecule has 0 bridgehead atoms. The molecule has 0 saturated heterocycles. The van der Waals surface area contributed by atoms with E-state index in [2.05, 4.69) is 6.07 Å². The molecule has 0 spiro atoms. The number of nitriles is 1. The van der Waals surface area contributed by atoms with E-state index >= 15 is 0 Å². The highest BCUT2D eigenvalue weighted by atomic mass is 19.1. The number of benzene rings is 2. The summed E-state index contributed by atoms with van der Waals surface area (Å²) in [6, 6.07) is 13.1. The molecule has 0 atom stereocenters. The van der Waals surface area contributed by atoms with E-state index in [4.69, 9.17) is 5.26 Å². The quantitative estimate of drug-likeness (QED) is 0.852. The largest absolute Gasteiger partial charge is 0.298 e. The number of rotatable bonds is 4. The van der Waals surface area contributed by atoms with E-state index in [0.717, 1.165) is 5.56 Å². The molecule has 2 rings (SSSR count). The summed E-state index contributed by atoms with van der Waals surface area (Å²) in [5.41, 5.74) is 1.57. The minimum Gasteiger partial charge on any atom is -0.298 e. The smallest absolute Gasteiger partial charge is 0.130 e. The molecule has 0 amide bonds. The van der Waals surface area contributed by atoms with Crippen LogP contribution in [-0.2, 0) is 13.1 Å². The summed E-state index contributed by atoms with van der Waals surface area (Å²) in [5.74, 6) is -1.08. The monoisotopic (exact) mass is 272 g/mol. The molecule has 2 aromatic rings. The maximum absolute atomic E-state index is 13.6. The van der Waals surface area contributed by atoms with Crippen molar-refractivity contribution in [1.82, 2.24) is 4.90 Å². The molecule has 0 fully saturated rings. The van der Waals surface area contributed by atoms with Crippen molar-refractivity contribution in [2.45, 2.75) is 13.1 Å². The van der Waals surface area contributed by atoms with Crippen molar-refractivity contribution in [3.05, 3.63) is 70.8 Å². The molecular weight excluding hydrogens is 258 g/mol. The van der Waals surface area contributed by atoms with E-state index in [1.807, 2.05) is 6.07 Å². The summed E-state index contributed by atoms with van der Waals surface area (Å²) in [7, 11) is 1.78. The first-order valence-corrected chi connectivity index (χ1v) is 6.20. The fourth-order valence-electron chi connectivity index (χ4n) is 2.06. The van der Waals surface area contributed by atoms with Gasteiger partial charge in [0.05, 0.1) is 11.6 Å². The molecule has 0 aliphatic heterocycles. The van der Waals surface area contributed by atoms with Gasteiger partial charge in [-0.1, -0.05) is 18.2 Å². The number of nitrogens with zero attached hydrogens (tertiary/aromatic N) is 2. The van der Waals surface area contributed by atoms with Crippen LogP contribution in [0.5, 0.6) is 0 Å². The first kappa shape index (κ1) is 14.2. The molecule has 0 heterocycles. The van der Waals surface area contributed by atoms with Crippen molar-refractivity contribution in [2.75, 3.05) is 7.05 Å². The molecule has 2 nitrogen and oxygen atoms in total. The van der Waals surface area contributed by atoms with Gasteiger partial charge in [-0.05, 0) is 36.9 Å². The van der Waals surface area contributed by atoms with E-state index in [1.54, 1.807) is 30.1 Å². The first-order valence-electron chi connectivity index (χ1n) is 6.20. The lowest BCUT2D eigenvalue weighted by Crippen LogP contribution is -2.19. The number of halogens is 2. The van der Waals surface area contributed by atoms with Gasteiger partial charge >= 0.3 is 0 Å². The summed E-state index contributed by atoms with van der Waals surface area (Å²) in [6.07, 6.45) is 0. The average Bonchev–Trinajstić information content (AvgIpc) is 2.43. The minimum atomic E-state index is -0.539. The Kier molecular flexibility index (Phi) is 4.44. The van der Waals surface area contributed by atoms with E-state index in [0.29, 0.717) is 12.1 Å². The van der Waals surface area contributed by atoms with Crippen molar-refractivity contribution in [1.29, 1.82) is 5.26 Å². The lowest BCUT2D eigenvalue weighted by atomic mass is 10.1. The zero-order valence-electron chi connectivity index (χ0n) is 11.1. The van der Waals surface area contributed by atoms with Gasteiger partial charge in [-0.3, -0.25) is 4.90 Å². The number of hydrogen-bond donors (Lipinski definition) is 0. The van der Waals surface area contributed by atoms with Gasteiger partial charge in [-0.2, -0.15) is 5.26 Å². The Morgan fingerprint density at radius 3 is 2.35 bits per heavy atom. The van der Waals surface area contributed by atoms with Crippen molar-refractivity contribution >= 4 is 0 Å².